The number of aldehydes is 1. The van der Waals surface area contributed by atoms with Crippen molar-refractivity contribution in [1.29, 1.82) is 0 Å². The van der Waals surface area contributed by atoms with Crippen molar-refractivity contribution in [3.05, 3.63) is 57.6 Å². The number of halogens is 5. The molecule has 0 saturated carbocycles. The maximum atomic E-state index is 12.5. The molecule has 0 aromatic heterocycles. The van der Waals surface area contributed by atoms with Gasteiger partial charge in [-0.15, -0.1) is 0 Å². The summed E-state index contributed by atoms with van der Waals surface area (Å²) < 4.78 is 42.9. The van der Waals surface area contributed by atoms with Gasteiger partial charge in [0.2, 0.25) is 0 Å². The molecule has 0 fully saturated rings. The second kappa shape index (κ2) is 5.95. The van der Waals surface area contributed by atoms with E-state index in [1.54, 1.807) is 0 Å². The van der Waals surface area contributed by atoms with Crippen molar-refractivity contribution in [2.24, 2.45) is 0 Å². The lowest BCUT2D eigenvalue weighted by Crippen LogP contribution is -2.04. The van der Waals surface area contributed by atoms with Gasteiger partial charge in [-0.2, -0.15) is 13.2 Å². The molecule has 0 bridgehead atoms. The van der Waals surface area contributed by atoms with Gasteiger partial charge in [0.05, 0.1) is 15.6 Å². The van der Waals surface area contributed by atoms with Gasteiger partial charge in [0.15, 0.2) is 6.29 Å². The van der Waals surface area contributed by atoms with Gasteiger partial charge in [-0.25, -0.2) is 0 Å². The summed E-state index contributed by atoms with van der Waals surface area (Å²) in [4.78, 5) is 10.8. The molecular weight excluding hydrogens is 328 g/mol. The zero-order valence-corrected chi connectivity index (χ0v) is 11.8. The first-order chi connectivity index (χ1) is 9.82. The zero-order valence-electron chi connectivity index (χ0n) is 10.2. The van der Waals surface area contributed by atoms with E-state index >= 15 is 0 Å². The van der Waals surface area contributed by atoms with E-state index < -0.39 is 11.7 Å². The van der Waals surface area contributed by atoms with Gasteiger partial charge in [0, 0.05) is 5.56 Å². The summed E-state index contributed by atoms with van der Waals surface area (Å²) in [6.45, 7) is 0. The minimum Gasteiger partial charge on any atom is -0.454 e. The topological polar surface area (TPSA) is 26.3 Å². The van der Waals surface area contributed by atoms with Crippen LogP contribution in [0.2, 0.25) is 10.0 Å². The molecule has 0 aliphatic rings. The molecule has 0 atom stereocenters. The Morgan fingerprint density at radius 3 is 2.33 bits per heavy atom. The molecule has 2 rings (SSSR count). The molecule has 0 amide bonds. The lowest BCUT2D eigenvalue weighted by atomic mass is 10.2. The Kier molecular flexibility index (Phi) is 4.44. The number of benzene rings is 2. The summed E-state index contributed by atoms with van der Waals surface area (Å²) in [6.07, 6.45) is -3.94. The Hall–Kier alpha value is -1.72. The summed E-state index contributed by atoms with van der Waals surface area (Å²) in [7, 11) is 0. The van der Waals surface area contributed by atoms with E-state index in [0.717, 1.165) is 18.2 Å². The van der Waals surface area contributed by atoms with Crippen molar-refractivity contribution in [3.8, 4) is 11.5 Å². The van der Waals surface area contributed by atoms with E-state index in [4.69, 9.17) is 27.9 Å². The average molecular weight is 335 g/mol. The molecule has 0 unspecified atom stereocenters. The number of hydrogen-bond donors (Lipinski definition) is 0. The van der Waals surface area contributed by atoms with Crippen LogP contribution in [0.25, 0.3) is 0 Å². The maximum absolute atomic E-state index is 12.5. The number of rotatable bonds is 3. The van der Waals surface area contributed by atoms with Gasteiger partial charge >= 0.3 is 6.18 Å². The van der Waals surface area contributed by atoms with Crippen LogP contribution >= 0.6 is 23.2 Å². The molecule has 2 nitrogen and oxygen atoms in total. The molecule has 0 N–H and O–H groups in total. The monoisotopic (exact) mass is 334 g/mol. The highest BCUT2D eigenvalue weighted by Gasteiger charge is 2.31. The molecule has 0 saturated heterocycles. The van der Waals surface area contributed by atoms with Gasteiger partial charge in [-0.3, -0.25) is 4.79 Å². The second-order valence-electron chi connectivity index (χ2n) is 4.02. The summed E-state index contributed by atoms with van der Waals surface area (Å²) in [5, 5.41) is -0.152. The first kappa shape index (κ1) is 15.7. The van der Waals surface area contributed by atoms with Crippen LogP contribution in [0, 0.1) is 0 Å². The van der Waals surface area contributed by atoms with Gasteiger partial charge in [-0.1, -0.05) is 29.3 Å². The third-order valence-corrected chi connectivity index (χ3v) is 3.30. The van der Waals surface area contributed by atoms with E-state index in [1.165, 1.54) is 18.2 Å². The fourth-order valence-corrected chi connectivity index (χ4v) is 2.00. The second-order valence-corrected chi connectivity index (χ2v) is 4.81. The number of carbonyl (C=O) groups excluding carboxylic acids is 1. The highest BCUT2D eigenvalue weighted by molar-refractivity contribution is 6.34. The summed E-state index contributed by atoms with van der Waals surface area (Å²) in [6, 6.07) is 7.19. The van der Waals surface area contributed by atoms with Crippen molar-refractivity contribution in [1.82, 2.24) is 0 Å². The largest absolute Gasteiger partial charge is 0.454 e. The lowest BCUT2D eigenvalue weighted by molar-refractivity contribution is -0.137. The molecule has 21 heavy (non-hydrogen) atoms. The molecular formula is C14H7Cl2F3O2. The molecule has 110 valence electrons. The third-order valence-electron chi connectivity index (χ3n) is 2.60. The fourth-order valence-electron chi connectivity index (χ4n) is 1.58. The molecule has 0 spiro atoms. The van der Waals surface area contributed by atoms with E-state index in [-0.39, 0.29) is 27.1 Å². The van der Waals surface area contributed by atoms with Crippen molar-refractivity contribution >= 4 is 29.5 Å². The summed E-state index contributed by atoms with van der Waals surface area (Å²) in [5.41, 5.74) is -0.676. The third kappa shape index (κ3) is 3.49. The van der Waals surface area contributed by atoms with E-state index in [1.807, 2.05) is 0 Å². The molecule has 0 aliphatic carbocycles. The van der Waals surface area contributed by atoms with Crippen LogP contribution in [0.3, 0.4) is 0 Å². The fraction of sp³-hybridized carbons (Fsp3) is 0.0714. The predicted octanol–water partition coefficient (Wildman–Crippen LogP) is 5.62. The van der Waals surface area contributed by atoms with E-state index in [9.17, 15) is 18.0 Å². The first-order valence-corrected chi connectivity index (χ1v) is 6.37. The minimum atomic E-state index is -4.49. The van der Waals surface area contributed by atoms with Crippen LogP contribution < -0.4 is 4.74 Å². The van der Waals surface area contributed by atoms with Gasteiger partial charge in [-0.05, 0) is 30.3 Å². The highest BCUT2D eigenvalue weighted by Crippen LogP contribution is 2.38. The van der Waals surface area contributed by atoms with Crippen molar-refractivity contribution in [2.45, 2.75) is 6.18 Å². The minimum absolute atomic E-state index is 0.00890. The molecule has 2 aromatic rings. The molecule has 7 heteroatoms. The quantitative estimate of drug-likeness (QED) is 0.681. The Labute approximate surface area is 128 Å². The lowest BCUT2D eigenvalue weighted by Gasteiger charge is -2.12. The van der Waals surface area contributed by atoms with Gasteiger partial charge < -0.3 is 4.74 Å². The molecule has 0 heterocycles. The van der Waals surface area contributed by atoms with Crippen LogP contribution in [0.15, 0.2) is 36.4 Å². The van der Waals surface area contributed by atoms with E-state index in [2.05, 4.69) is 0 Å². The SMILES string of the molecule is O=Cc1cccc(Oc2ccc(C(F)(F)F)cc2Cl)c1Cl. The number of alkyl halides is 3. The van der Waals surface area contributed by atoms with Gasteiger partial charge in [0.25, 0.3) is 0 Å². The molecule has 0 aliphatic heterocycles. The number of hydrogen-bond acceptors (Lipinski definition) is 2. The van der Waals surface area contributed by atoms with Crippen LogP contribution in [0.5, 0.6) is 11.5 Å². The van der Waals surface area contributed by atoms with Crippen LogP contribution in [-0.2, 0) is 6.18 Å². The highest BCUT2D eigenvalue weighted by atomic mass is 35.5. The zero-order chi connectivity index (χ0) is 15.6. The summed E-state index contributed by atoms with van der Waals surface area (Å²) >= 11 is 11.7. The Morgan fingerprint density at radius 2 is 1.76 bits per heavy atom. The maximum Gasteiger partial charge on any atom is 0.416 e. The van der Waals surface area contributed by atoms with Crippen LogP contribution in [0.1, 0.15) is 15.9 Å². The van der Waals surface area contributed by atoms with Crippen LogP contribution in [0.4, 0.5) is 13.2 Å². The molecule has 0 radical (unpaired) electrons. The number of carbonyl (C=O) groups is 1. The Bertz CT molecular complexity index is 684. The Balaban J connectivity index is 2.35. The van der Waals surface area contributed by atoms with Crippen molar-refractivity contribution in [2.75, 3.05) is 0 Å². The van der Waals surface area contributed by atoms with Crippen molar-refractivity contribution in [3.63, 3.8) is 0 Å². The predicted molar refractivity (Wildman–Crippen MR) is 73.4 cm³/mol. The smallest absolute Gasteiger partial charge is 0.416 e. The van der Waals surface area contributed by atoms with E-state index in [0.29, 0.717) is 6.29 Å². The molecule has 2 aromatic carbocycles. The van der Waals surface area contributed by atoms with Gasteiger partial charge in [0.1, 0.15) is 11.5 Å². The first-order valence-electron chi connectivity index (χ1n) is 5.61. The Morgan fingerprint density at radius 1 is 1.05 bits per heavy atom. The number of ether oxygens (including phenoxy) is 1. The standard InChI is InChI=1S/C14H7Cl2F3O2/c15-10-6-9(14(17,18)19)4-5-11(10)21-12-3-1-2-8(7-20)13(12)16/h1-7H. The normalized spacial score (nSPS) is 11.3. The van der Waals surface area contributed by atoms with Crippen LogP contribution in [-0.4, -0.2) is 6.29 Å². The summed E-state index contributed by atoms with van der Waals surface area (Å²) in [5.74, 6) is 0.137. The average Bonchev–Trinajstić information content (AvgIpc) is 2.42. The van der Waals surface area contributed by atoms with Crippen molar-refractivity contribution < 1.29 is 22.7 Å².